The molecule has 23 heteroatoms. The van der Waals surface area contributed by atoms with Crippen molar-refractivity contribution in [2.45, 2.75) is 99.8 Å². The van der Waals surface area contributed by atoms with Crippen LogP contribution in [0.3, 0.4) is 0 Å². The maximum absolute atomic E-state index is 14.2. The minimum absolute atomic E-state index is 0.265. The Hall–Kier alpha value is -3.88. The summed E-state index contributed by atoms with van der Waals surface area (Å²) in [6, 6.07) is 7.80. The molecule has 0 aliphatic carbocycles. The fraction of sp³-hybridized carbons (Fsp3) is 0.611. The van der Waals surface area contributed by atoms with Crippen LogP contribution < -0.4 is 11.2 Å². The lowest BCUT2D eigenvalue weighted by atomic mass is 9.89. The number of rotatable bonds is 18. The normalized spacial score (nSPS) is 20.1. The van der Waals surface area contributed by atoms with Gasteiger partial charge in [0.2, 0.25) is 13.6 Å². The second-order valence-corrected chi connectivity index (χ2v) is 20.0. The van der Waals surface area contributed by atoms with Gasteiger partial charge >= 0.3 is 33.3 Å². The van der Waals surface area contributed by atoms with Gasteiger partial charge in [-0.25, -0.2) is 23.0 Å². The Morgan fingerprint density at radius 1 is 0.797 bits per heavy atom. The average Bonchev–Trinajstić information content (AvgIpc) is 3.67. The zero-order chi connectivity index (χ0) is 44.1. The summed E-state index contributed by atoms with van der Waals surface area (Å²) in [4.78, 5) is 63.8. The number of carbonyl (C=O) groups excluding carboxylic acids is 3. The van der Waals surface area contributed by atoms with Crippen LogP contribution >= 0.6 is 15.6 Å². The Morgan fingerprint density at radius 2 is 1.37 bits per heavy atom. The number of esters is 2. The molecule has 0 spiro atoms. The lowest BCUT2D eigenvalue weighted by Gasteiger charge is -2.25. The predicted octanol–water partition coefficient (Wildman–Crippen LogP) is 4.22. The number of para-hydroxylation sites is 1. The fourth-order valence-corrected chi connectivity index (χ4v) is 7.86. The molecule has 59 heavy (non-hydrogen) atoms. The van der Waals surface area contributed by atoms with Gasteiger partial charge in [0.05, 0.1) is 30.6 Å². The summed E-state index contributed by atoms with van der Waals surface area (Å²) in [5, 5.41) is 26.5. The number of ether oxygens (including phenoxy) is 3. The molecule has 328 valence electrons. The Morgan fingerprint density at radius 3 is 1.95 bits per heavy atom. The number of Topliss-reactive ketones (excluding diaryl/α,β-unsaturated/α-hetero) is 1. The smallest absolute Gasteiger partial charge is 0.437 e. The van der Waals surface area contributed by atoms with Crippen molar-refractivity contribution >= 4 is 44.3 Å². The van der Waals surface area contributed by atoms with Crippen LogP contribution in [0.4, 0.5) is 0 Å². The SMILES string of the molecule is CC(C)(C)C(=O)CCOP(=O)(OC[C@H]1O[C@@H](n2ccc(=O)n(Cc3noc4ccccc34)c2=O)[C@@H](O)C1O)OP(=O)(OCOC(=O)C(C)(C)C)OCOC(=O)C(C)(C)C. The van der Waals surface area contributed by atoms with Crippen LogP contribution in [0.15, 0.2) is 50.6 Å². The van der Waals surface area contributed by atoms with E-state index in [4.69, 9.17) is 41.1 Å². The van der Waals surface area contributed by atoms with Crippen molar-refractivity contribution in [3.05, 3.63) is 63.1 Å². The van der Waals surface area contributed by atoms with Gasteiger partial charge in [-0.1, -0.05) is 38.1 Å². The first-order valence-corrected chi connectivity index (χ1v) is 21.2. The van der Waals surface area contributed by atoms with E-state index in [-0.39, 0.29) is 24.4 Å². The van der Waals surface area contributed by atoms with Gasteiger partial charge in [0.1, 0.15) is 29.8 Å². The molecule has 0 bridgehead atoms. The Labute approximate surface area is 339 Å². The van der Waals surface area contributed by atoms with E-state index in [0.29, 0.717) is 11.0 Å². The van der Waals surface area contributed by atoms with Gasteiger partial charge in [-0.15, -0.1) is 0 Å². The van der Waals surface area contributed by atoms with Gasteiger partial charge in [-0.2, -0.15) is 4.31 Å². The molecule has 2 N–H and O–H groups in total. The first-order chi connectivity index (χ1) is 27.2. The summed E-state index contributed by atoms with van der Waals surface area (Å²) in [7, 11) is -10.5. The largest absolute Gasteiger partial charge is 0.489 e. The average molecular weight is 876 g/mol. The molecule has 1 aliphatic heterocycles. The summed E-state index contributed by atoms with van der Waals surface area (Å²) >= 11 is 0. The van der Waals surface area contributed by atoms with Crippen molar-refractivity contribution in [1.29, 1.82) is 0 Å². The van der Waals surface area contributed by atoms with E-state index in [0.717, 1.165) is 21.4 Å². The first-order valence-electron chi connectivity index (χ1n) is 18.3. The molecule has 4 rings (SSSR count). The van der Waals surface area contributed by atoms with Crippen molar-refractivity contribution in [3.8, 4) is 0 Å². The monoisotopic (exact) mass is 875 g/mol. The topological polar surface area (TPSA) is 270 Å². The number of phosphoric acid groups is 2. The molecule has 0 saturated carbocycles. The number of carbonyl (C=O) groups is 3. The molecule has 0 radical (unpaired) electrons. The number of phosphoric ester groups is 2. The zero-order valence-electron chi connectivity index (χ0n) is 34.2. The zero-order valence-corrected chi connectivity index (χ0v) is 36.0. The predicted molar refractivity (Wildman–Crippen MR) is 204 cm³/mol. The molecule has 3 heterocycles. The Balaban J connectivity index is 1.58. The standard InChI is InChI=1S/C36H51N3O18P2/c1-34(2,3)26(40)15-17-51-58(47,57-59(48,53-20-49-31(44)35(4,5)6)54-21-50-32(45)36(7,8)9)52-19-25-28(42)29(43)30(55-25)38-16-14-27(41)39(33(38)46)18-23-22-12-10-11-13-24(22)56-37-23/h10-14,16,25,28-30,42-43H,15,17-21H2,1-9H3/t25-,28?,29+,30-,58?/m1/s1. The summed E-state index contributed by atoms with van der Waals surface area (Å²) in [6.45, 7) is 9.97. The Bertz CT molecular complexity index is 2160. The highest BCUT2D eigenvalue weighted by molar-refractivity contribution is 7.62. The molecule has 1 aliphatic rings. The van der Waals surface area contributed by atoms with Crippen LogP contribution in [0.5, 0.6) is 0 Å². The van der Waals surface area contributed by atoms with E-state index in [2.05, 4.69) is 5.16 Å². The molecular weight excluding hydrogens is 824 g/mol. The molecule has 2 aromatic heterocycles. The minimum atomic E-state index is -5.26. The molecular formula is C36H51N3O18P2. The molecule has 5 atom stereocenters. The van der Waals surface area contributed by atoms with Crippen LogP contribution in [-0.4, -0.2) is 87.3 Å². The van der Waals surface area contributed by atoms with E-state index in [1.807, 2.05) is 0 Å². The van der Waals surface area contributed by atoms with Crippen LogP contribution in [0.25, 0.3) is 11.0 Å². The molecule has 0 amide bonds. The summed E-state index contributed by atoms with van der Waals surface area (Å²) in [5.41, 5.74) is -3.91. The van der Waals surface area contributed by atoms with E-state index in [1.54, 1.807) is 45.0 Å². The van der Waals surface area contributed by atoms with E-state index < -0.39 is 106 Å². The highest BCUT2D eigenvalue weighted by Gasteiger charge is 2.48. The Kier molecular flexibility index (Phi) is 15.2. The van der Waals surface area contributed by atoms with E-state index in [1.165, 1.54) is 41.5 Å². The maximum atomic E-state index is 14.2. The second kappa shape index (κ2) is 18.8. The van der Waals surface area contributed by atoms with Crippen molar-refractivity contribution < 1.29 is 74.9 Å². The molecule has 1 aromatic carbocycles. The number of benzene rings is 1. The van der Waals surface area contributed by atoms with Gasteiger partial charge < -0.3 is 28.9 Å². The molecule has 21 nitrogen and oxygen atoms in total. The van der Waals surface area contributed by atoms with Crippen LogP contribution in [0, 0.1) is 16.2 Å². The summed E-state index contributed by atoms with van der Waals surface area (Å²) in [5.74, 6) is -1.95. The van der Waals surface area contributed by atoms with Gasteiger partial charge in [0.25, 0.3) is 5.56 Å². The van der Waals surface area contributed by atoms with Crippen molar-refractivity contribution in [2.24, 2.45) is 16.2 Å². The van der Waals surface area contributed by atoms with Crippen LogP contribution in [0.1, 0.15) is 80.7 Å². The third kappa shape index (κ3) is 12.6. The third-order valence-electron chi connectivity index (χ3n) is 8.51. The lowest BCUT2D eigenvalue weighted by Crippen LogP contribution is -2.43. The lowest BCUT2D eigenvalue weighted by molar-refractivity contribution is -0.163. The summed E-state index contributed by atoms with van der Waals surface area (Å²) in [6.07, 6.45) is -6.20. The minimum Gasteiger partial charge on any atom is -0.437 e. The molecule has 3 aromatic rings. The fourth-order valence-electron chi connectivity index (χ4n) is 4.97. The number of aliphatic hydroxyl groups is 2. The van der Waals surface area contributed by atoms with E-state index >= 15 is 0 Å². The van der Waals surface area contributed by atoms with Crippen molar-refractivity contribution in [3.63, 3.8) is 0 Å². The number of fused-ring (bicyclic) bond motifs is 1. The van der Waals surface area contributed by atoms with Gasteiger partial charge in [0, 0.05) is 29.5 Å². The highest BCUT2D eigenvalue weighted by atomic mass is 31.3. The first kappa shape index (κ1) is 47.8. The van der Waals surface area contributed by atoms with Crippen LogP contribution in [0.2, 0.25) is 0 Å². The number of aliphatic hydroxyl groups excluding tert-OH is 2. The van der Waals surface area contributed by atoms with Crippen LogP contribution in [-0.2, 0) is 66.7 Å². The third-order valence-corrected chi connectivity index (χ3v) is 11.9. The van der Waals surface area contributed by atoms with Crippen molar-refractivity contribution in [2.75, 3.05) is 26.8 Å². The number of nitrogens with zero attached hydrogens (tertiary/aromatic N) is 3. The molecule has 2 unspecified atom stereocenters. The summed E-state index contributed by atoms with van der Waals surface area (Å²) < 4.78 is 77.0. The number of aromatic nitrogens is 3. The molecule has 1 saturated heterocycles. The maximum Gasteiger partial charge on any atom is 0.489 e. The quantitative estimate of drug-likeness (QED) is 0.103. The van der Waals surface area contributed by atoms with E-state index in [9.17, 15) is 43.3 Å². The number of hydrogen-bond acceptors (Lipinski definition) is 19. The second-order valence-electron chi connectivity index (χ2n) is 16.5. The number of hydrogen-bond donors (Lipinski definition) is 2. The van der Waals surface area contributed by atoms with Crippen molar-refractivity contribution in [1.82, 2.24) is 14.3 Å². The number of ketones is 1. The van der Waals surface area contributed by atoms with Gasteiger partial charge in [-0.3, -0.25) is 37.4 Å². The highest BCUT2D eigenvalue weighted by Crippen LogP contribution is 2.66. The molecule has 1 fully saturated rings. The van der Waals surface area contributed by atoms with Gasteiger partial charge in [-0.05, 0) is 53.7 Å². The van der Waals surface area contributed by atoms with Gasteiger partial charge in [0.15, 0.2) is 11.8 Å².